The van der Waals surface area contributed by atoms with Crippen LogP contribution in [0.5, 0.6) is 5.75 Å². The van der Waals surface area contributed by atoms with Gasteiger partial charge in [0.1, 0.15) is 42.4 Å². The summed E-state index contributed by atoms with van der Waals surface area (Å²) in [6, 6.07) is 7.09. The normalized spacial score (nSPS) is 36.7. The fraction of sp³-hybridized carbons (Fsp3) is 0.533. The van der Waals surface area contributed by atoms with Gasteiger partial charge in [0.15, 0.2) is 6.29 Å². The summed E-state index contributed by atoms with van der Waals surface area (Å²) in [5.41, 5.74) is 2.41. The molecule has 41 heavy (non-hydrogen) atoms. The van der Waals surface area contributed by atoms with E-state index in [1.807, 2.05) is 13.0 Å². The van der Waals surface area contributed by atoms with Crippen molar-refractivity contribution in [3.05, 3.63) is 65.3 Å². The average Bonchev–Trinajstić information content (AvgIpc) is 3.21. The average molecular weight is 575 g/mol. The molecule has 0 bridgehead atoms. The number of aliphatic hydroxyl groups excluding tert-OH is 4. The Morgan fingerprint density at radius 1 is 1.05 bits per heavy atom. The molecule has 2 fully saturated rings. The summed E-state index contributed by atoms with van der Waals surface area (Å²) in [6.07, 6.45) is -5.08. The Morgan fingerprint density at radius 2 is 1.76 bits per heavy atom. The topological polar surface area (TPSA) is 161 Å². The fourth-order valence-electron chi connectivity index (χ4n) is 5.21. The largest absolute Gasteiger partial charge is 0.497 e. The van der Waals surface area contributed by atoms with Gasteiger partial charge in [-0.25, -0.2) is 4.79 Å². The van der Waals surface area contributed by atoms with E-state index in [1.165, 1.54) is 0 Å². The van der Waals surface area contributed by atoms with Gasteiger partial charge in [0.2, 0.25) is 0 Å². The van der Waals surface area contributed by atoms with Crippen molar-refractivity contribution < 1.29 is 53.7 Å². The maximum Gasteiger partial charge on any atom is 0.334 e. The first-order chi connectivity index (χ1) is 19.5. The van der Waals surface area contributed by atoms with Gasteiger partial charge >= 0.3 is 11.9 Å². The Morgan fingerprint density at radius 3 is 2.41 bits per heavy atom. The van der Waals surface area contributed by atoms with Crippen molar-refractivity contribution in [1.82, 2.24) is 0 Å². The summed E-state index contributed by atoms with van der Waals surface area (Å²) in [4.78, 5) is 25.4. The van der Waals surface area contributed by atoms with Crippen LogP contribution in [0.4, 0.5) is 0 Å². The van der Waals surface area contributed by atoms with Gasteiger partial charge in [-0.05, 0) is 61.6 Å². The number of benzene rings is 1. The second kappa shape index (κ2) is 13.3. The van der Waals surface area contributed by atoms with Gasteiger partial charge in [-0.3, -0.25) is 4.79 Å². The fourth-order valence-corrected chi connectivity index (χ4v) is 5.21. The Bertz CT molecular complexity index is 1170. The van der Waals surface area contributed by atoms with Gasteiger partial charge in [0, 0.05) is 11.5 Å². The van der Waals surface area contributed by atoms with Crippen LogP contribution < -0.4 is 4.74 Å². The molecular formula is C30H38O11. The van der Waals surface area contributed by atoms with Gasteiger partial charge in [-0.2, -0.15) is 0 Å². The Labute approximate surface area is 238 Å². The van der Waals surface area contributed by atoms with Crippen LogP contribution in [0.15, 0.2) is 59.7 Å². The van der Waals surface area contributed by atoms with Gasteiger partial charge in [0.25, 0.3) is 0 Å². The predicted octanol–water partition coefficient (Wildman–Crippen LogP) is 1.12. The lowest BCUT2D eigenvalue weighted by Crippen LogP contribution is -2.59. The van der Waals surface area contributed by atoms with Crippen LogP contribution in [-0.2, 0) is 35.0 Å². The van der Waals surface area contributed by atoms with Crippen LogP contribution in [0.1, 0.15) is 32.3 Å². The standard InChI is InChI=1S/C30H38O11/c1-15-5-10-21(40-30-28(35)27(34)26(33)24(14-31)41-30)16(2)11-23-20(17(3)29(36)39-23)13-22(15)38-25(32)12-18-6-8-19(37-4)9-7-18/h5-9,11,20-24,26-28,30-31,33-35H,3,10,12-14H2,1-2,4H3/b15-5+,16-11+/t20-,21-,22-,23+,24+,26+,27-,28+,30+/m0/s1. The minimum atomic E-state index is -1.59. The number of esters is 2. The highest BCUT2D eigenvalue weighted by atomic mass is 16.7. The molecule has 2 heterocycles. The van der Waals surface area contributed by atoms with Gasteiger partial charge in [-0.1, -0.05) is 24.8 Å². The van der Waals surface area contributed by atoms with Crippen molar-refractivity contribution in [2.75, 3.05) is 13.7 Å². The van der Waals surface area contributed by atoms with Crippen molar-refractivity contribution in [2.24, 2.45) is 5.92 Å². The van der Waals surface area contributed by atoms with E-state index in [0.29, 0.717) is 11.3 Å². The Kier molecular flexibility index (Phi) is 10.0. The molecule has 3 aliphatic rings. The third-order valence-electron chi connectivity index (χ3n) is 7.84. The van der Waals surface area contributed by atoms with Gasteiger partial charge in [0.05, 0.1) is 26.2 Å². The minimum Gasteiger partial charge on any atom is -0.497 e. The lowest BCUT2D eigenvalue weighted by atomic mass is 9.86. The van der Waals surface area contributed by atoms with Crippen LogP contribution in [0, 0.1) is 5.92 Å². The molecule has 0 unspecified atom stereocenters. The second-order valence-electron chi connectivity index (χ2n) is 10.7. The zero-order valence-corrected chi connectivity index (χ0v) is 23.3. The summed E-state index contributed by atoms with van der Waals surface area (Å²) in [7, 11) is 1.56. The first-order valence-electron chi connectivity index (χ1n) is 13.6. The molecule has 0 radical (unpaired) electrons. The molecule has 224 valence electrons. The van der Waals surface area contributed by atoms with Crippen LogP contribution >= 0.6 is 0 Å². The third-order valence-corrected chi connectivity index (χ3v) is 7.84. The number of aliphatic hydroxyl groups is 4. The maximum absolute atomic E-state index is 13.0. The molecule has 11 nitrogen and oxygen atoms in total. The molecule has 0 spiro atoms. The molecule has 1 aliphatic carbocycles. The van der Waals surface area contributed by atoms with E-state index in [4.69, 9.17) is 23.7 Å². The van der Waals surface area contributed by atoms with E-state index in [9.17, 15) is 30.0 Å². The van der Waals surface area contributed by atoms with E-state index in [1.54, 1.807) is 44.4 Å². The lowest BCUT2D eigenvalue weighted by Gasteiger charge is -2.41. The molecule has 0 amide bonds. The molecule has 9 atom stereocenters. The first-order valence-corrected chi connectivity index (χ1v) is 13.6. The molecule has 11 heteroatoms. The SMILES string of the molecule is C=C1C(=O)O[C@@H]2/C=C(\C)[C@@H](O[C@@H]3O[C@H](CO)[C@@H](O)[C@H](O)[C@H]3O)C/C=C(\C)[C@@H](OC(=O)Cc3ccc(OC)cc3)C[C@@H]12. The summed E-state index contributed by atoms with van der Waals surface area (Å²) in [5.74, 6) is -0.782. The van der Waals surface area contributed by atoms with Crippen LogP contribution in [0.25, 0.3) is 0 Å². The molecule has 1 aromatic carbocycles. The van der Waals surface area contributed by atoms with E-state index in [0.717, 1.165) is 11.1 Å². The Balaban J connectivity index is 1.56. The highest BCUT2D eigenvalue weighted by Crippen LogP contribution is 2.36. The Hall–Kier alpha value is -3.06. The van der Waals surface area contributed by atoms with E-state index in [-0.39, 0.29) is 24.8 Å². The van der Waals surface area contributed by atoms with Gasteiger partial charge < -0.3 is 44.1 Å². The lowest BCUT2D eigenvalue weighted by molar-refractivity contribution is -0.308. The maximum atomic E-state index is 13.0. The number of hydrogen-bond donors (Lipinski definition) is 4. The van der Waals surface area contributed by atoms with Crippen molar-refractivity contribution in [1.29, 1.82) is 0 Å². The number of carbonyl (C=O) groups excluding carboxylic acids is 2. The van der Waals surface area contributed by atoms with Crippen molar-refractivity contribution in [3.63, 3.8) is 0 Å². The van der Waals surface area contributed by atoms with E-state index < -0.39 is 73.5 Å². The van der Waals surface area contributed by atoms with Crippen LogP contribution in [0.2, 0.25) is 0 Å². The third kappa shape index (κ3) is 7.06. The first kappa shape index (κ1) is 30.9. The molecular weight excluding hydrogens is 536 g/mol. The predicted molar refractivity (Wildman–Crippen MR) is 144 cm³/mol. The number of hydrogen-bond acceptors (Lipinski definition) is 11. The molecule has 4 N–H and O–H groups in total. The van der Waals surface area contributed by atoms with Gasteiger partial charge in [-0.15, -0.1) is 0 Å². The summed E-state index contributed by atoms with van der Waals surface area (Å²) >= 11 is 0. The van der Waals surface area contributed by atoms with Crippen molar-refractivity contribution in [2.45, 2.75) is 82.1 Å². The summed E-state index contributed by atoms with van der Waals surface area (Å²) in [6.45, 7) is 6.91. The summed E-state index contributed by atoms with van der Waals surface area (Å²) < 4.78 is 28.3. The smallest absolute Gasteiger partial charge is 0.334 e. The number of methoxy groups -OCH3 is 1. The number of rotatable bonds is 7. The quantitative estimate of drug-likeness (QED) is 0.210. The zero-order chi connectivity index (χ0) is 29.8. The number of carbonyl (C=O) groups is 2. The van der Waals surface area contributed by atoms with E-state index in [2.05, 4.69) is 6.58 Å². The van der Waals surface area contributed by atoms with Crippen LogP contribution in [-0.4, -0.2) is 95.1 Å². The molecule has 0 aromatic heterocycles. The van der Waals surface area contributed by atoms with E-state index >= 15 is 0 Å². The zero-order valence-electron chi connectivity index (χ0n) is 23.3. The molecule has 4 rings (SSSR count). The molecule has 2 aliphatic heterocycles. The van der Waals surface area contributed by atoms with Crippen molar-refractivity contribution in [3.8, 4) is 5.75 Å². The highest BCUT2D eigenvalue weighted by Gasteiger charge is 2.45. The van der Waals surface area contributed by atoms with Crippen LogP contribution in [0.3, 0.4) is 0 Å². The molecule has 1 aromatic rings. The summed E-state index contributed by atoms with van der Waals surface area (Å²) in [5, 5.41) is 40.4. The number of fused-ring (bicyclic) bond motifs is 1. The number of ether oxygens (including phenoxy) is 5. The second-order valence-corrected chi connectivity index (χ2v) is 10.7. The molecule has 0 saturated carbocycles. The molecule has 2 saturated heterocycles. The monoisotopic (exact) mass is 574 g/mol. The van der Waals surface area contributed by atoms with Crippen molar-refractivity contribution >= 4 is 11.9 Å². The minimum absolute atomic E-state index is 0.0418. The highest BCUT2D eigenvalue weighted by molar-refractivity contribution is 5.91.